The highest BCUT2D eigenvalue weighted by molar-refractivity contribution is 6.24. The van der Waals surface area contributed by atoms with Crippen LogP contribution in [0.15, 0.2) is 83.3 Å². The molecule has 3 aromatic carbocycles. The molecule has 3 nitrogen and oxygen atoms in total. The maximum Gasteiger partial charge on any atom is 0.163 e. The first kappa shape index (κ1) is 14.7. The summed E-state index contributed by atoms with van der Waals surface area (Å²) in [6.07, 6.45) is 0. The molecule has 0 fully saturated rings. The molecule has 0 unspecified atom stereocenters. The highest BCUT2D eigenvalue weighted by Gasteiger charge is 2.24. The van der Waals surface area contributed by atoms with Gasteiger partial charge in [0.1, 0.15) is 11.2 Å². The number of aryl methyl sites for hydroxylation is 1. The highest BCUT2D eigenvalue weighted by Crippen LogP contribution is 2.42. The number of fused-ring (bicyclic) bond motifs is 7. The van der Waals surface area contributed by atoms with E-state index in [4.69, 9.17) is 4.42 Å². The van der Waals surface area contributed by atoms with Gasteiger partial charge < -0.3 is 8.98 Å². The number of hydrogen-bond donors (Lipinski definition) is 0. The highest BCUT2D eigenvalue weighted by atomic mass is 16.3. The average molecular weight is 350 g/mol. The molecule has 0 saturated heterocycles. The van der Waals surface area contributed by atoms with Gasteiger partial charge in [0.2, 0.25) is 0 Å². The van der Waals surface area contributed by atoms with Gasteiger partial charge in [-0.05, 0) is 37.3 Å². The second-order valence-corrected chi connectivity index (χ2v) is 6.91. The third kappa shape index (κ3) is 1.81. The molecule has 6 rings (SSSR count). The molecule has 0 aliphatic heterocycles. The third-order valence-electron chi connectivity index (χ3n) is 5.50. The summed E-state index contributed by atoms with van der Waals surface area (Å²) in [5, 5.41) is 3.60. The summed E-state index contributed by atoms with van der Waals surface area (Å²) in [5.74, 6) is 0. The molecule has 0 atom stereocenters. The molecule has 0 amide bonds. The molecule has 0 bridgehead atoms. The van der Waals surface area contributed by atoms with Crippen molar-refractivity contribution in [3.05, 3.63) is 78.9 Å². The number of hydrogen-bond acceptors (Lipinski definition) is 1. The van der Waals surface area contributed by atoms with E-state index in [0.717, 1.165) is 17.7 Å². The van der Waals surface area contributed by atoms with Gasteiger partial charge in [-0.25, -0.2) is 0 Å². The Kier molecular flexibility index (Phi) is 2.87. The minimum absolute atomic E-state index is 0.882. The van der Waals surface area contributed by atoms with Crippen molar-refractivity contribution < 1.29 is 4.42 Å². The lowest BCUT2D eigenvalue weighted by Gasteiger charge is -2.10. The smallest absolute Gasteiger partial charge is 0.163 e. The van der Waals surface area contributed by atoms with E-state index >= 15 is 0 Å². The fourth-order valence-corrected chi connectivity index (χ4v) is 4.43. The van der Waals surface area contributed by atoms with Crippen molar-refractivity contribution in [3.8, 4) is 5.69 Å². The molecule has 0 N–H and O–H groups in total. The maximum atomic E-state index is 6.37. The van der Waals surface area contributed by atoms with Crippen LogP contribution in [0.3, 0.4) is 0 Å². The molecule has 3 heteroatoms. The number of rotatable bonds is 2. The molecule has 0 radical (unpaired) electrons. The summed E-state index contributed by atoms with van der Waals surface area (Å²) in [6.45, 7) is 3.08. The van der Waals surface area contributed by atoms with E-state index in [2.05, 4.69) is 88.9 Å². The zero-order valence-corrected chi connectivity index (χ0v) is 15.0. The molecular formula is C24H18N2O. The summed E-state index contributed by atoms with van der Waals surface area (Å²) in [4.78, 5) is 0. The number of benzene rings is 3. The number of nitrogens with zero attached hydrogens (tertiary/aromatic N) is 2. The van der Waals surface area contributed by atoms with Crippen LogP contribution in [-0.2, 0) is 6.54 Å². The summed E-state index contributed by atoms with van der Waals surface area (Å²) in [5.41, 5.74) is 6.70. The fourth-order valence-electron chi connectivity index (χ4n) is 4.43. The standard InChI is InChI=1S/C24H18N2O/c1-2-25-22-18-13-7-9-15-20(18)27-23(22)21-17-12-6-8-14-19(17)26(24(21)25)16-10-4-3-5-11-16/h3-15H,2H2,1H3. The molecule has 0 aliphatic rings. The summed E-state index contributed by atoms with van der Waals surface area (Å²) >= 11 is 0. The topological polar surface area (TPSA) is 23.0 Å². The van der Waals surface area contributed by atoms with Crippen molar-refractivity contribution in [2.45, 2.75) is 13.5 Å². The van der Waals surface area contributed by atoms with Gasteiger partial charge >= 0.3 is 0 Å². The van der Waals surface area contributed by atoms with Crippen molar-refractivity contribution in [3.63, 3.8) is 0 Å². The van der Waals surface area contributed by atoms with Crippen molar-refractivity contribution in [2.24, 2.45) is 0 Å². The second kappa shape index (κ2) is 5.27. The van der Waals surface area contributed by atoms with E-state index in [-0.39, 0.29) is 0 Å². The van der Waals surface area contributed by atoms with Gasteiger partial charge in [-0.2, -0.15) is 0 Å². The lowest BCUT2D eigenvalue weighted by Crippen LogP contribution is -2.01. The molecule has 27 heavy (non-hydrogen) atoms. The molecule has 3 heterocycles. The average Bonchev–Trinajstić information content (AvgIpc) is 3.34. The van der Waals surface area contributed by atoms with Crippen LogP contribution in [0.2, 0.25) is 0 Å². The SMILES string of the molecule is CCn1c2c3ccccc3oc2c2c3ccccc3n(-c3ccccc3)c21. The Morgan fingerprint density at radius 1 is 0.778 bits per heavy atom. The van der Waals surface area contributed by atoms with Crippen LogP contribution < -0.4 is 0 Å². The van der Waals surface area contributed by atoms with E-state index in [0.29, 0.717) is 0 Å². The first-order valence-electron chi connectivity index (χ1n) is 9.37. The van der Waals surface area contributed by atoms with Crippen molar-refractivity contribution in [1.82, 2.24) is 9.13 Å². The number of aromatic nitrogens is 2. The summed E-state index contributed by atoms with van der Waals surface area (Å²) < 4.78 is 11.1. The summed E-state index contributed by atoms with van der Waals surface area (Å²) in [6, 6.07) is 27.5. The lowest BCUT2D eigenvalue weighted by atomic mass is 10.2. The van der Waals surface area contributed by atoms with E-state index in [9.17, 15) is 0 Å². The molecular weight excluding hydrogens is 332 g/mol. The van der Waals surface area contributed by atoms with Crippen molar-refractivity contribution >= 4 is 44.0 Å². The zero-order chi connectivity index (χ0) is 18.0. The monoisotopic (exact) mass is 350 g/mol. The van der Waals surface area contributed by atoms with Crippen LogP contribution in [0.4, 0.5) is 0 Å². The Hall–Kier alpha value is -3.46. The summed E-state index contributed by atoms with van der Waals surface area (Å²) in [7, 11) is 0. The molecule has 0 aliphatic carbocycles. The Morgan fingerprint density at radius 2 is 1.48 bits per heavy atom. The van der Waals surface area contributed by atoms with Gasteiger partial charge in [-0.3, -0.25) is 4.57 Å². The Labute approximate surface area is 156 Å². The van der Waals surface area contributed by atoms with Crippen LogP contribution in [0.5, 0.6) is 0 Å². The Morgan fingerprint density at radius 3 is 2.30 bits per heavy atom. The lowest BCUT2D eigenvalue weighted by molar-refractivity contribution is 0.672. The van der Waals surface area contributed by atoms with Crippen LogP contribution in [0.1, 0.15) is 6.92 Å². The Bertz CT molecular complexity index is 1450. The third-order valence-corrected chi connectivity index (χ3v) is 5.50. The van der Waals surface area contributed by atoms with Gasteiger partial charge in [0, 0.05) is 23.0 Å². The van der Waals surface area contributed by atoms with Gasteiger partial charge in [0.25, 0.3) is 0 Å². The van der Waals surface area contributed by atoms with Crippen molar-refractivity contribution in [1.29, 1.82) is 0 Å². The molecule has 130 valence electrons. The van der Waals surface area contributed by atoms with E-state index in [1.807, 2.05) is 6.07 Å². The number of para-hydroxylation sites is 3. The predicted molar refractivity (Wildman–Crippen MR) is 112 cm³/mol. The normalized spacial score (nSPS) is 12.0. The molecule has 6 aromatic rings. The quantitative estimate of drug-likeness (QED) is 0.349. The van der Waals surface area contributed by atoms with E-state index in [1.54, 1.807) is 0 Å². The van der Waals surface area contributed by atoms with Crippen LogP contribution in [-0.4, -0.2) is 9.13 Å². The van der Waals surface area contributed by atoms with Gasteiger partial charge in [-0.1, -0.05) is 48.5 Å². The molecule has 0 saturated carbocycles. The zero-order valence-electron chi connectivity index (χ0n) is 15.0. The molecule has 0 spiro atoms. The predicted octanol–water partition coefficient (Wildman–Crippen LogP) is 6.50. The first-order valence-corrected chi connectivity index (χ1v) is 9.37. The largest absolute Gasteiger partial charge is 0.454 e. The maximum absolute atomic E-state index is 6.37. The van der Waals surface area contributed by atoms with Crippen LogP contribution in [0, 0.1) is 0 Å². The number of furan rings is 1. The Balaban J connectivity index is 1.94. The molecule has 3 aromatic heterocycles. The van der Waals surface area contributed by atoms with Gasteiger partial charge in [-0.15, -0.1) is 0 Å². The minimum atomic E-state index is 0.882. The first-order chi connectivity index (χ1) is 13.4. The van der Waals surface area contributed by atoms with Crippen LogP contribution in [0.25, 0.3) is 49.7 Å². The van der Waals surface area contributed by atoms with E-state index < -0.39 is 0 Å². The van der Waals surface area contributed by atoms with Crippen molar-refractivity contribution in [2.75, 3.05) is 0 Å². The second-order valence-electron chi connectivity index (χ2n) is 6.91. The van der Waals surface area contributed by atoms with Crippen LogP contribution >= 0.6 is 0 Å². The van der Waals surface area contributed by atoms with E-state index in [1.165, 1.54) is 38.5 Å². The fraction of sp³-hybridized carbons (Fsp3) is 0.0833. The minimum Gasteiger partial charge on any atom is -0.454 e. The van der Waals surface area contributed by atoms with Gasteiger partial charge in [0.05, 0.1) is 16.4 Å². The van der Waals surface area contributed by atoms with Gasteiger partial charge in [0.15, 0.2) is 5.58 Å².